The van der Waals surface area contributed by atoms with Crippen molar-refractivity contribution < 1.29 is 9.90 Å². The van der Waals surface area contributed by atoms with E-state index in [4.69, 9.17) is 11.6 Å². The molecular weight excluding hydrogens is 326 g/mol. The molecule has 1 aromatic heterocycles. The van der Waals surface area contributed by atoms with Crippen molar-refractivity contribution in [3.05, 3.63) is 58.4 Å². The molecule has 1 heterocycles. The van der Waals surface area contributed by atoms with Crippen LogP contribution in [-0.4, -0.2) is 45.4 Å². The lowest BCUT2D eigenvalue weighted by molar-refractivity contribution is -0.126. The highest BCUT2D eigenvalue weighted by Crippen LogP contribution is 2.20. The van der Waals surface area contributed by atoms with E-state index >= 15 is 0 Å². The molecule has 0 bridgehead atoms. The standard InChI is InChI=1S/C18H22ClN3O2/c1-14-16(18(19)21(2)20-14)8-9-17(24)22(12-13-23)11-10-15-6-4-3-5-7-15/h3-9,23H,10-13H2,1-2H3/b9-8+. The quantitative estimate of drug-likeness (QED) is 0.783. The summed E-state index contributed by atoms with van der Waals surface area (Å²) < 4.78 is 1.57. The van der Waals surface area contributed by atoms with E-state index in [1.54, 1.807) is 22.7 Å². The SMILES string of the molecule is Cc1nn(C)c(Cl)c1/C=C/C(=O)N(CCO)CCc1ccccc1. The van der Waals surface area contributed by atoms with E-state index < -0.39 is 0 Å². The Kier molecular flexibility index (Phi) is 6.58. The molecule has 1 amide bonds. The first-order valence-corrected chi connectivity index (χ1v) is 8.21. The van der Waals surface area contributed by atoms with E-state index in [2.05, 4.69) is 5.10 Å². The van der Waals surface area contributed by atoms with Crippen LogP contribution in [0.3, 0.4) is 0 Å². The van der Waals surface area contributed by atoms with Crippen molar-refractivity contribution in [2.24, 2.45) is 7.05 Å². The number of amides is 1. The number of aliphatic hydroxyl groups is 1. The van der Waals surface area contributed by atoms with Crippen LogP contribution in [-0.2, 0) is 18.3 Å². The van der Waals surface area contributed by atoms with Gasteiger partial charge in [-0.1, -0.05) is 41.9 Å². The zero-order valence-electron chi connectivity index (χ0n) is 13.9. The van der Waals surface area contributed by atoms with E-state index in [9.17, 15) is 9.90 Å². The minimum absolute atomic E-state index is 0.0684. The van der Waals surface area contributed by atoms with Crippen molar-refractivity contribution in [2.75, 3.05) is 19.7 Å². The molecule has 0 unspecified atom stereocenters. The lowest BCUT2D eigenvalue weighted by Gasteiger charge is -2.20. The largest absolute Gasteiger partial charge is 0.395 e. The topological polar surface area (TPSA) is 58.4 Å². The molecule has 0 aliphatic rings. The monoisotopic (exact) mass is 347 g/mol. The fourth-order valence-electron chi connectivity index (χ4n) is 2.46. The van der Waals surface area contributed by atoms with Gasteiger partial charge in [-0.25, -0.2) is 0 Å². The molecule has 0 spiro atoms. The second-order valence-corrected chi connectivity index (χ2v) is 5.89. The van der Waals surface area contributed by atoms with Crippen LogP contribution in [0.5, 0.6) is 0 Å². The predicted octanol–water partition coefficient (Wildman–Crippen LogP) is 2.46. The van der Waals surface area contributed by atoms with Crippen molar-refractivity contribution in [3.63, 3.8) is 0 Å². The molecule has 0 saturated carbocycles. The number of hydrogen-bond donors (Lipinski definition) is 1. The Hall–Kier alpha value is -2.11. The van der Waals surface area contributed by atoms with Gasteiger partial charge in [-0.15, -0.1) is 0 Å². The van der Waals surface area contributed by atoms with Gasteiger partial charge in [0.1, 0.15) is 5.15 Å². The third-order valence-corrected chi connectivity index (χ3v) is 4.23. The van der Waals surface area contributed by atoms with E-state index in [0.29, 0.717) is 18.2 Å². The number of aliphatic hydroxyl groups excluding tert-OH is 1. The average molecular weight is 348 g/mol. The van der Waals surface area contributed by atoms with Crippen molar-refractivity contribution in [1.82, 2.24) is 14.7 Å². The van der Waals surface area contributed by atoms with E-state index in [0.717, 1.165) is 23.2 Å². The number of aryl methyl sites for hydroxylation is 2. The molecule has 0 saturated heterocycles. The van der Waals surface area contributed by atoms with E-state index in [-0.39, 0.29) is 12.5 Å². The Bertz CT molecular complexity index is 711. The number of nitrogens with zero attached hydrogens (tertiary/aromatic N) is 3. The van der Waals surface area contributed by atoms with E-state index in [1.165, 1.54) is 6.08 Å². The molecule has 5 nitrogen and oxygen atoms in total. The van der Waals surface area contributed by atoms with Gasteiger partial charge >= 0.3 is 0 Å². The van der Waals surface area contributed by atoms with Gasteiger partial charge in [-0.3, -0.25) is 9.48 Å². The summed E-state index contributed by atoms with van der Waals surface area (Å²) in [7, 11) is 1.76. The zero-order chi connectivity index (χ0) is 17.5. The van der Waals surface area contributed by atoms with Crippen LogP contribution in [0.15, 0.2) is 36.4 Å². The first-order valence-electron chi connectivity index (χ1n) is 7.83. The van der Waals surface area contributed by atoms with Crippen LogP contribution in [0.2, 0.25) is 5.15 Å². The molecule has 0 fully saturated rings. The minimum Gasteiger partial charge on any atom is -0.395 e. The molecule has 0 aliphatic carbocycles. The Morgan fingerprint density at radius 2 is 2.04 bits per heavy atom. The Morgan fingerprint density at radius 1 is 1.33 bits per heavy atom. The Morgan fingerprint density at radius 3 is 2.62 bits per heavy atom. The molecule has 128 valence electrons. The number of hydrogen-bond acceptors (Lipinski definition) is 3. The van der Waals surface area contributed by atoms with Crippen LogP contribution in [0.1, 0.15) is 16.8 Å². The molecule has 1 N–H and O–H groups in total. The fourth-order valence-corrected chi connectivity index (χ4v) is 2.69. The molecule has 0 radical (unpaired) electrons. The van der Waals surface area contributed by atoms with Crippen LogP contribution < -0.4 is 0 Å². The highest BCUT2D eigenvalue weighted by molar-refractivity contribution is 6.31. The number of rotatable bonds is 7. The molecule has 0 aliphatic heterocycles. The predicted molar refractivity (Wildman–Crippen MR) is 95.8 cm³/mol. The highest BCUT2D eigenvalue weighted by Gasteiger charge is 2.12. The molecule has 24 heavy (non-hydrogen) atoms. The molecule has 2 aromatic rings. The van der Waals surface area contributed by atoms with Crippen molar-refractivity contribution in [2.45, 2.75) is 13.3 Å². The second-order valence-electron chi connectivity index (χ2n) is 5.53. The first-order chi connectivity index (χ1) is 11.5. The first kappa shape index (κ1) is 18.2. The third kappa shape index (κ3) is 4.69. The van der Waals surface area contributed by atoms with Crippen molar-refractivity contribution >= 4 is 23.6 Å². The molecular formula is C18H22ClN3O2. The van der Waals surface area contributed by atoms with Gasteiger partial charge < -0.3 is 10.0 Å². The fraction of sp³-hybridized carbons (Fsp3) is 0.333. The zero-order valence-corrected chi connectivity index (χ0v) is 14.7. The number of halogens is 1. The summed E-state index contributed by atoms with van der Waals surface area (Å²) in [5.41, 5.74) is 2.66. The molecule has 0 atom stereocenters. The van der Waals surface area contributed by atoms with Gasteiger partial charge in [0.25, 0.3) is 0 Å². The number of carbonyl (C=O) groups is 1. The third-order valence-electron chi connectivity index (χ3n) is 3.78. The number of aromatic nitrogens is 2. The lowest BCUT2D eigenvalue weighted by Crippen LogP contribution is -2.34. The molecule has 6 heteroatoms. The Balaban J connectivity index is 2.04. The molecule has 2 rings (SSSR count). The minimum atomic E-state index is -0.153. The summed E-state index contributed by atoms with van der Waals surface area (Å²) >= 11 is 6.16. The summed E-state index contributed by atoms with van der Waals surface area (Å²) in [5, 5.41) is 13.9. The maximum Gasteiger partial charge on any atom is 0.246 e. The molecule has 1 aromatic carbocycles. The summed E-state index contributed by atoms with van der Waals surface area (Å²) in [5.74, 6) is -0.153. The Labute approximate surface area is 147 Å². The average Bonchev–Trinajstić information content (AvgIpc) is 2.82. The van der Waals surface area contributed by atoms with Gasteiger partial charge in [0.2, 0.25) is 5.91 Å². The van der Waals surface area contributed by atoms with Crippen LogP contribution >= 0.6 is 11.6 Å². The summed E-state index contributed by atoms with van der Waals surface area (Å²) in [6, 6.07) is 9.95. The van der Waals surface area contributed by atoms with Gasteiger partial charge in [-0.2, -0.15) is 5.10 Å². The van der Waals surface area contributed by atoms with Crippen molar-refractivity contribution in [3.8, 4) is 0 Å². The lowest BCUT2D eigenvalue weighted by atomic mass is 10.1. The number of benzene rings is 1. The normalized spacial score (nSPS) is 11.2. The van der Waals surface area contributed by atoms with Gasteiger partial charge in [0, 0.05) is 31.8 Å². The second kappa shape index (κ2) is 8.66. The maximum atomic E-state index is 12.4. The maximum absolute atomic E-state index is 12.4. The summed E-state index contributed by atoms with van der Waals surface area (Å²) in [6.45, 7) is 2.63. The van der Waals surface area contributed by atoms with E-state index in [1.807, 2.05) is 37.3 Å². The van der Waals surface area contributed by atoms with Crippen LogP contribution in [0, 0.1) is 6.92 Å². The van der Waals surface area contributed by atoms with Crippen LogP contribution in [0.4, 0.5) is 0 Å². The smallest absolute Gasteiger partial charge is 0.246 e. The van der Waals surface area contributed by atoms with Crippen LogP contribution in [0.25, 0.3) is 6.08 Å². The summed E-state index contributed by atoms with van der Waals surface area (Å²) in [4.78, 5) is 14.0. The highest BCUT2D eigenvalue weighted by atomic mass is 35.5. The summed E-state index contributed by atoms with van der Waals surface area (Å²) in [6.07, 6.45) is 3.91. The van der Waals surface area contributed by atoms with Crippen molar-refractivity contribution in [1.29, 1.82) is 0 Å². The van der Waals surface area contributed by atoms with Gasteiger partial charge in [-0.05, 0) is 25.0 Å². The number of carbonyl (C=O) groups excluding carboxylic acids is 1. The van der Waals surface area contributed by atoms with Gasteiger partial charge in [0.05, 0.1) is 12.3 Å². The van der Waals surface area contributed by atoms with Gasteiger partial charge in [0.15, 0.2) is 0 Å².